The molecule has 0 aliphatic heterocycles. The van der Waals surface area contributed by atoms with Gasteiger partial charge in [-0.05, 0) is 95.6 Å². The van der Waals surface area contributed by atoms with Gasteiger partial charge < -0.3 is 19.1 Å². The highest BCUT2D eigenvalue weighted by molar-refractivity contribution is 5.82. The molecule has 0 heterocycles. The van der Waals surface area contributed by atoms with Crippen LogP contribution in [0.4, 0.5) is 0 Å². The van der Waals surface area contributed by atoms with Gasteiger partial charge in [0, 0.05) is 18.7 Å². The van der Waals surface area contributed by atoms with E-state index in [1.807, 2.05) is 12.2 Å². The molecule has 0 aliphatic rings. The molecular formula is C47H87NO6. The molecule has 0 aromatic heterocycles. The highest BCUT2D eigenvalue weighted by Crippen LogP contribution is 2.37. The Kier molecular flexibility index (Phi) is 32.8. The summed E-state index contributed by atoms with van der Waals surface area (Å²) < 4.78 is 16.9. The molecule has 0 rings (SSSR count). The number of carbonyl (C=O) groups is 3. The highest BCUT2D eigenvalue weighted by Gasteiger charge is 2.32. The minimum Gasteiger partial charge on any atom is -0.463 e. The van der Waals surface area contributed by atoms with Crippen molar-refractivity contribution in [2.24, 2.45) is 10.8 Å². The van der Waals surface area contributed by atoms with Crippen LogP contribution in [-0.2, 0) is 28.6 Å². The molecule has 0 unspecified atom stereocenters. The number of carbonyl (C=O) groups excluding carboxylic acids is 3. The van der Waals surface area contributed by atoms with Gasteiger partial charge in [0.15, 0.2) is 0 Å². The summed E-state index contributed by atoms with van der Waals surface area (Å²) in [6.07, 6.45) is 34.6. The van der Waals surface area contributed by atoms with E-state index in [4.69, 9.17) is 14.2 Å². The molecule has 0 aliphatic carbocycles. The summed E-state index contributed by atoms with van der Waals surface area (Å²) in [7, 11) is 4.21. The first-order valence-electron chi connectivity index (χ1n) is 22.3. The standard InChI is InChI=1S/C47H87NO6/c1-9-11-13-15-23-29-35-43(49)52-37-31-25-19-17-21-27-33-42(54-45(51)39-46(3,4)40-47(5,6)41-48(7)8)34-28-22-18-20-26-32-38-53-44(50)36-30-24-16-14-12-10-2/h29-30,35-36,42H,9-28,31-34,37-41H2,1-8H3/b35-29-,36-30-. The second kappa shape index (κ2) is 34.1. The monoisotopic (exact) mass is 762 g/mol. The highest BCUT2D eigenvalue weighted by atomic mass is 16.5. The third-order valence-corrected chi connectivity index (χ3v) is 9.91. The van der Waals surface area contributed by atoms with Crippen molar-refractivity contribution in [1.82, 2.24) is 4.90 Å². The van der Waals surface area contributed by atoms with E-state index in [-0.39, 0.29) is 34.8 Å². The number of nitrogens with zero attached hydrogens (tertiary/aromatic N) is 1. The van der Waals surface area contributed by atoms with Gasteiger partial charge in [-0.15, -0.1) is 0 Å². The Bertz CT molecular complexity index is 933. The fraction of sp³-hybridized carbons (Fsp3) is 0.851. The lowest BCUT2D eigenvalue weighted by Gasteiger charge is -2.36. The number of ether oxygens (including phenoxy) is 3. The van der Waals surface area contributed by atoms with E-state index in [9.17, 15) is 14.4 Å². The minimum atomic E-state index is -0.221. The minimum absolute atomic E-state index is 0.0266. The third-order valence-electron chi connectivity index (χ3n) is 9.91. The lowest BCUT2D eigenvalue weighted by molar-refractivity contribution is -0.152. The number of unbranched alkanes of at least 4 members (excludes halogenated alkanes) is 18. The molecule has 0 amide bonds. The van der Waals surface area contributed by atoms with E-state index >= 15 is 0 Å². The van der Waals surface area contributed by atoms with Gasteiger partial charge in [0.05, 0.1) is 19.6 Å². The summed E-state index contributed by atoms with van der Waals surface area (Å²) in [5.74, 6) is -0.505. The molecule has 0 N–H and O–H groups in total. The first-order chi connectivity index (χ1) is 25.8. The SMILES string of the molecule is CCCCCC/C=C\C(=O)OCCCCCCCCC(CCCCCCCCOC(=O)/C=C\CCCCCC)OC(=O)CC(C)(C)CC(C)(C)CN(C)C. The van der Waals surface area contributed by atoms with Gasteiger partial charge in [0.25, 0.3) is 0 Å². The van der Waals surface area contributed by atoms with Gasteiger partial charge in [-0.1, -0.05) is 144 Å². The van der Waals surface area contributed by atoms with Crippen LogP contribution in [-0.4, -0.2) is 62.8 Å². The molecule has 0 aromatic carbocycles. The van der Waals surface area contributed by atoms with E-state index in [1.165, 1.54) is 38.5 Å². The zero-order valence-corrected chi connectivity index (χ0v) is 36.8. The molecule has 0 saturated heterocycles. The Morgan fingerprint density at radius 2 is 0.963 bits per heavy atom. The molecule has 7 nitrogen and oxygen atoms in total. The first-order valence-corrected chi connectivity index (χ1v) is 22.3. The molecule has 316 valence electrons. The Balaban J connectivity index is 4.52. The quantitative estimate of drug-likeness (QED) is 0.0270. The molecule has 0 aromatic rings. The fourth-order valence-electron chi connectivity index (χ4n) is 7.69. The van der Waals surface area contributed by atoms with Crippen molar-refractivity contribution in [2.45, 2.75) is 215 Å². The Hall–Kier alpha value is -2.15. The van der Waals surface area contributed by atoms with Crippen LogP contribution < -0.4 is 0 Å². The van der Waals surface area contributed by atoms with E-state index in [0.29, 0.717) is 19.6 Å². The van der Waals surface area contributed by atoms with E-state index < -0.39 is 0 Å². The molecule has 0 fully saturated rings. The van der Waals surface area contributed by atoms with Crippen LogP contribution in [0.1, 0.15) is 208 Å². The smallest absolute Gasteiger partial charge is 0.330 e. The van der Waals surface area contributed by atoms with Crippen LogP contribution in [0.3, 0.4) is 0 Å². The molecule has 54 heavy (non-hydrogen) atoms. The maximum Gasteiger partial charge on any atom is 0.330 e. The predicted octanol–water partition coefficient (Wildman–Crippen LogP) is 12.9. The van der Waals surface area contributed by atoms with Crippen molar-refractivity contribution in [3.63, 3.8) is 0 Å². The Morgan fingerprint density at radius 3 is 1.39 bits per heavy atom. The summed E-state index contributed by atoms with van der Waals surface area (Å²) in [6.45, 7) is 15.3. The van der Waals surface area contributed by atoms with Gasteiger partial charge in [0.2, 0.25) is 0 Å². The van der Waals surface area contributed by atoms with Crippen LogP contribution in [0.5, 0.6) is 0 Å². The predicted molar refractivity (Wildman–Crippen MR) is 228 cm³/mol. The topological polar surface area (TPSA) is 82.1 Å². The summed E-state index contributed by atoms with van der Waals surface area (Å²) in [5, 5.41) is 0. The largest absolute Gasteiger partial charge is 0.463 e. The Morgan fingerprint density at radius 1 is 0.556 bits per heavy atom. The van der Waals surface area contributed by atoms with Crippen molar-refractivity contribution in [3.8, 4) is 0 Å². The molecule has 0 atom stereocenters. The molecule has 0 saturated carbocycles. The first kappa shape index (κ1) is 51.9. The van der Waals surface area contributed by atoms with Gasteiger partial charge in [-0.25, -0.2) is 9.59 Å². The van der Waals surface area contributed by atoms with Gasteiger partial charge in [-0.2, -0.15) is 0 Å². The third kappa shape index (κ3) is 35.5. The molecule has 0 radical (unpaired) electrons. The summed E-state index contributed by atoms with van der Waals surface area (Å²) in [5.41, 5.74) is -0.00987. The molecule has 7 heteroatoms. The number of hydrogen-bond donors (Lipinski definition) is 0. The van der Waals surface area contributed by atoms with Crippen molar-refractivity contribution >= 4 is 17.9 Å². The zero-order chi connectivity index (χ0) is 40.3. The van der Waals surface area contributed by atoms with Crippen LogP contribution >= 0.6 is 0 Å². The van der Waals surface area contributed by atoms with E-state index in [1.54, 1.807) is 12.2 Å². The van der Waals surface area contributed by atoms with Crippen LogP contribution in [0.25, 0.3) is 0 Å². The maximum absolute atomic E-state index is 13.3. The lowest BCUT2D eigenvalue weighted by atomic mass is 9.73. The number of esters is 3. The number of hydrogen-bond acceptors (Lipinski definition) is 7. The summed E-state index contributed by atoms with van der Waals surface area (Å²) in [4.78, 5) is 39.3. The summed E-state index contributed by atoms with van der Waals surface area (Å²) in [6, 6.07) is 0. The maximum atomic E-state index is 13.3. The van der Waals surface area contributed by atoms with Gasteiger partial charge in [-0.3, -0.25) is 4.79 Å². The van der Waals surface area contributed by atoms with Gasteiger partial charge >= 0.3 is 17.9 Å². The second-order valence-electron chi connectivity index (χ2n) is 17.7. The van der Waals surface area contributed by atoms with E-state index in [0.717, 1.165) is 129 Å². The number of rotatable bonds is 37. The average Bonchev–Trinajstić information content (AvgIpc) is 3.08. The molecular weight excluding hydrogens is 675 g/mol. The van der Waals surface area contributed by atoms with Crippen molar-refractivity contribution in [1.29, 1.82) is 0 Å². The lowest BCUT2D eigenvalue weighted by Crippen LogP contribution is -2.34. The van der Waals surface area contributed by atoms with Crippen molar-refractivity contribution in [2.75, 3.05) is 33.9 Å². The second-order valence-corrected chi connectivity index (χ2v) is 17.7. The zero-order valence-electron chi connectivity index (χ0n) is 36.8. The van der Waals surface area contributed by atoms with Gasteiger partial charge in [0.1, 0.15) is 6.10 Å². The normalized spacial score (nSPS) is 12.4. The number of allylic oxidation sites excluding steroid dienone is 2. The fourth-order valence-corrected chi connectivity index (χ4v) is 7.69. The van der Waals surface area contributed by atoms with Crippen LogP contribution in [0.2, 0.25) is 0 Å². The van der Waals surface area contributed by atoms with Crippen molar-refractivity contribution < 1.29 is 28.6 Å². The average molecular weight is 762 g/mol. The molecule has 0 spiro atoms. The van der Waals surface area contributed by atoms with Crippen molar-refractivity contribution in [3.05, 3.63) is 24.3 Å². The Labute approximate surface area is 334 Å². The summed E-state index contributed by atoms with van der Waals surface area (Å²) >= 11 is 0. The van der Waals surface area contributed by atoms with Crippen LogP contribution in [0.15, 0.2) is 24.3 Å². The van der Waals surface area contributed by atoms with Crippen LogP contribution in [0, 0.1) is 10.8 Å². The molecule has 0 bridgehead atoms. The van der Waals surface area contributed by atoms with E-state index in [2.05, 4.69) is 60.5 Å².